The topological polar surface area (TPSA) is 58.4 Å². The Balaban J connectivity index is 2.10. The van der Waals surface area contributed by atoms with Gasteiger partial charge in [0.1, 0.15) is 5.82 Å². The van der Waals surface area contributed by atoms with Gasteiger partial charge in [-0.25, -0.2) is 9.18 Å². The van der Waals surface area contributed by atoms with Gasteiger partial charge in [0.05, 0.1) is 0 Å². The van der Waals surface area contributed by atoms with Gasteiger partial charge in [0, 0.05) is 23.3 Å². The van der Waals surface area contributed by atoms with Gasteiger partial charge in [-0.2, -0.15) is 0 Å². The van der Waals surface area contributed by atoms with Gasteiger partial charge in [0.25, 0.3) is 0 Å². The van der Waals surface area contributed by atoms with E-state index in [0.29, 0.717) is 5.56 Å². The van der Waals surface area contributed by atoms with Crippen LogP contribution in [-0.2, 0) is 0 Å². The lowest BCUT2D eigenvalue weighted by Crippen LogP contribution is -2.66. The highest BCUT2D eigenvalue weighted by Crippen LogP contribution is 2.37. The molecule has 1 saturated heterocycles. The summed E-state index contributed by atoms with van der Waals surface area (Å²) in [6.45, 7) is 8.13. The van der Waals surface area contributed by atoms with Crippen LogP contribution in [0.2, 0.25) is 0 Å². The molecular formula is C18H26FN3O. The Kier molecular flexibility index (Phi) is 4.80. The smallest absolute Gasteiger partial charge is 0.322 e. The average molecular weight is 319 g/mol. The number of halogens is 1. The minimum Gasteiger partial charge on any atom is -0.328 e. The highest BCUT2D eigenvalue weighted by atomic mass is 19.1. The molecule has 1 fully saturated rings. The lowest BCUT2D eigenvalue weighted by atomic mass is 9.77. The molecule has 0 saturated carbocycles. The van der Waals surface area contributed by atoms with Crippen LogP contribution in [0.1, 0.15) is 46.1 Å². The summed E-state index contributed by atoms with van der Waals surface area (Å²) in [6.07, 6.45) is 4.75. The van der Waals surface area contributed by atoms with Crippen molar-refractivity contribution in [3.63, 3.8) is 0 Å². The van der Waals surface area contributed by atoms with Crippen LogP contribution in [0.15, 0.2) is 30.5 Å². The molecular weight excluding hydrogens is 293 g/mol. The van der Waals surface area contributed by atoms with E-state index in [2.05, 4.69) is 5.32 Å². The van der Waals surface area contributed by atoms with E-state index in [9.17, 15) is 9.18 Å². The van der Waals surface area contributed by atoms with Crippen molar-refractivity contribution >= 4 is 12.1 Å². The van der Waals surface area contributed by atoms with Gasteiger partial charge in [-0.3, -0.25) is 0 Å². The first-order valence-corrected chi connectivity index (χ1v) is 7.90. The van der Waals surface area contributed by atoms with Gasteiger partial charge in [-0.15, -0.1) is 0 Å². The molecule has 2 amide bonds. The molecule has 0 aliphatic carbocycles. The Morgan fingerprint density at radius 3 is 2.48 bits per heavy atom. The zero-order valence-electron chi connectivity index (χ0n) is 14.3. The molecule has 0 spiro atoms. The zero-order valence-corrected chi connectivity index (χ0v) is 14.3. The maximum atomic E-state index is 13.1. The molecule has 23 heavy (non-hydrogen) atoms. The van der Waals surface area contributed by atoms with Crippen LogP contribution in [0.4, 0.5) is 9.18 Å². The lowest BCUT2D eigenvalue weighted by molar-refractivity contribution is 0.00444. The molecule has 0 bridgehead atoms. The van der Waals surface area contributed by atoms with Crippen LogP contribution in [0.5, 0.6) is 0 Å². The van der Waals surface area contributed by atoms with Gasteiger partial charge in [-0.05, 0) is 64.3 Å². The zero-order chi connectivity index (χ0) is 17.3. The number of urea groups is 1. The van der Waals surface area contributed by atoms with Crippen LogP contribution in [-0.4, -0.2) is 28.1 Å². The average Bonchev–Trinajstić information content (AvgIpc) is 2.34. The van der Waals surface area contributed by atoms with Gasteiger partial charge >= 0.3 is 6.03 Å². The number of benzene rings is 1. The molecule has 0 radical (unpaired) electrons. The number of nitrogens with two attached hydrogens (primary N) is 1. The number of hydrogen-bond acceptors (Lipinski definition) is 2. The molecule has 1 aliphatic rings. The van der Waals surface area contributed by atoms with Crippen molar-refractivity contribution in [2.24, 2.45) is 5.73 Å². The van der Waals surface area contributed by atoms with Crippen molar-refractivity contribution in [2.75, 3.05) is 0 Å². The molecule has 1 aromatic rings. The lowest BCUT2D eigenvalue weighted by Gasteiger charge is -2.54. The molecule has 0 unspecified atom stereocenters. The van der Waals surface area contributed by atoms with Crippen molar-refractivity contribution in [1.82, 2.24) is 10.2 Å². The maximum absolute atomic E-state index is 13.1. The van der Waals surface area contributed by atoms with E-state index in [0.717, 1.165) is 12.8 Å². The third-order valence-electron chi connectivity index (χ3n) is 4.27. The van der Waals surface area contributed by atoms with E-state index < -0.39 is 0 Å². The van der Waals surface area contributed by atoms with Crippen LogP contribution in [0.3, 0.4) is 0 Å². The Hall–Kier alpha value is -1.88. The summed E-state index contributed by atoms with van der Waals surface area (Å²) in [5.74, 6) is -0.300. The summed E-state index contributed by atoms with van der Waals surface area (Å²) >= 11 is 0. The summed E-state index contributed by atoms with van der Waals surface area (Å²) in [5, 5.41) is 2.79. The largest absolute Gasteiger partial charge is 0.328 e. The molecule has 126 valence electrons. The summed E-state index contributed by atoms with van der Waals surface area (Å²) in [6, 6.07) is 6.13. The first-order chi connectivity index (χ1) is 10.6. The van der Waals surface area contributed by atoms with E-state index in [1.807, 2.05) is 32.6 Å². The fourth-order valence-corrected chi connectivity index (χ4v) is 3.79. The van der Waals surface area contributed by atoms with E-state index in [1.54, 1.807) is 24.4 Å². The predicted molar refractivity (Wildman–Crippen MR) is 91.2 cm³/mol. The third-order valence-corrected chi connectivity index (χ3v) is 4.27. The minimum atomic E-state index is -0.321. The Morgan fingerprint density at radius 2 is 1.91 bits per heavy atom. The van der Waals surface area contributed by atoms with Crippen LogP contribution < -0.4 is 11.1 Å². The predicted octanol–water partition coefficient (Wildman–Crippen LogP) is 3.49. The van der Waals surface area contributed by atoms with Gasteiger partial charge in [0.2, 0.25) is 0 Å². The fraction of sp³-hybridized carbons (Fsp3) is 0.500. The molecule has 1 aliphatic heterocycles. The number of nitrogens with zero attached hydrogens (tertiary/aromatic N) is 1. The van der Waals surface area contributed by atoms with Crippen molar-refractivity contribution in [1.29, 1.82) is 0 Å². The first kappa shape index (κ1) is 17.5. The third kappa shape index (κ3) is 4.10. The number of carbonyl (C=O) groups is 1. The molecule has 0 atom stereocenters. The number of hydrogen-bond donors (Lipinski definition) is 2. The molecule has 2 rings (SSSR count). The minimum absolute atomic E-state index is 0.0897. The molecule has 4 nitrogen and oxygen atoms in total. The molecule has 1 aromatic carbocycles. The van der Waals surface area contributed by atoms with E-state index in [4.69, 9.17) is 5.73 Å². The number of carbonyl (C=O) groups excluding carboxylic acids is 1. The number of amides is 2. The van der Waals surface area contributed by atoms with E-state index >= 15 is 0 Å². The summed E-state index contributed by atoms with van der Waals surface area (Å²) in [4.78, 5) is 14.5. The van der Waals surface area contributed by atoms with Crippen molar-refractivity contribution < 1.29 is 9.18 Å². The molecule has 1 heterocycles. The highest BCUT2D eigenvalue weighted by Gasteiger charge is 2.46. The van der Waals surface area contributed by atoms with Gasteiger partial charge in [0.15, 0.2) is 0 Å². The Morgan fingerprint density at radius 1 is 1.30 bits per heavy atom. The molecule has 3 N–H and O–H groups in total. The van der Waals surface area contributed by atoms with E-state index in [-0.39, 0.29) is 29.0 Å². The standard InChI is InChI=1S/C18H26FN3O/c1-17(2)11-15(20)12-18(3,4)22(17)16(23)21-9-8-13-6-5-7-14(19)10-13/h5-10,15H,11-12,20H2,1-4H3,(H,21,23)/b9-8+. The van der Waals surface area contributed by atoms with Crippen LogP contribution >= 0.6 is 0 Å². The van der Waals surface area contributed by atoms with Crippen molar-refractivity contribution in [3.05, 3.63) is 41.8 Å². The molecule has 0 aromatic heterocycles. The number of rotatable bonds is 2. The first-order valence-electron chi connectivity index (χ1n) is 7.90. The van der Waals surface area contributed by atoms with Crippen molar-refractivity contribution in [2.45, 2.75) is 57.7 Å². The second-order valence-electron chi connectivity index (χ2n) is 7.47. The summed E-state index contributed by atoms with van der Waals surface area (Å²) < 4.78 is 13.1. The number of nitrogens with one attached hydrogen (secondary N) is 1. The SMILES string of the molecule is CC1(C)CC(N)CC(C)(C)N1C(=O)N/C=C/c1cccc(F)c1. The Labute approximate surface area is 137 Å². The number of piperidine rings is 1. The van der Waals surface area contributed by atoms with Crippen molar-refractivity contribution in [3.8, 4) is 0 Å². The molecule has 5 heteroatoms. The van der Waals surface area contributed by atoms with Gasteiger partial charge < -0.3 is 16.0 Å². The van der Waals surface area contributed by atoms with Crippen LogP contribution in [0, 0.1) is 5.82 Å². The monoisotopic (exact) mass is 319 g/mol. The summed E-state index contributed by atoms with van der Waals surface area (Å²) in [5.41, 5.74) is 6.19. The quantitative estimate of drug-likeness (QED) is 0.876. The van der Waals surface area contributed by atoms with Crippen LogP contribution in [0.25, 0.3) is 6.08 Å². The number of likely N-dealkylation sites (tertiary alicyclic amines) is 1. The fourth-order valence-electron chi connectivity index (χ4n) is 3.79. The normalized spacial score (nSPS) is 20.7. The Bertz CT molecular complexity index is 592. The maximum Gasteiger partial charge on any atom is 0.322 e. The second kappa shape index (κ2) is 6.32. The van der Waals surface area contributed by atoms with Gasteiger partial charge in [-0.1, -0.05) is 12.1 Å². The van der Waals surface area contributed by atoms with E-state index in [1.165, 1.54) is 12.1 Å². The highest BCUT2D eigenvalue weighted by molar-refractivity contribution is 5.78. The second-order valence-corrected chi connectivity index (χ2v) is 7.47. The summed E-state index contributed by atoms with van der Waals surface area (Å²) in [7, 11) is 0.